The minimum absolute atomic E-state index is 0.175. The van der Waals surface area contributed by atoms with Crippen LogP contribution < -0.4 is 5.56 Å². The SMILES string of the molecule is CC1(c2ccc(-c3n[nH]c(=O)c4ccccc34)s2)OCCO1. The van der Waals surface area contributed by atoms with Crippen LogP contribution in [0.5, 0.6) is 0 Å². The van der Waals surface area contributed by atoms with Crippen LogP contribution in [0, 0.1) is 0 Å². The van der Waals surface area contributed by atoms with E-state index in [1.807, 2.05) is 37.3 Å². The fraction of sp³-hybridized carbons (Fsp3) is 0.250. The van der Waals surface area contributed by atoms with Gasteiger partial charge in [0.25, 0.3) is 5.56 Å². The van der Waals surface area contributed by atoms with Gasteiger partial charge >= 0.3 is 0 Å². The van der Waals surface area contributed by atoms with Crippen molar-refractivity contribution in [2.75, 3.05) is 13.2 Å². The molecule has 5 nitrogen and oxygen atoms in total. The highest BCUT2D eigenvalue weighted by atomic mass is 32.1. The third-order valence-electron chi connectivity index (χ3n) is 3.82. The smallest absolute Gasteiger partial charge is 0.272 e. The first kappa shape index (κ1) is 13.6. The molecule has 1 aliphatic heterocycles. The predicted octanol–water partition coefficient (Wildman–Crippen LogP) is 2.87. The van der Waals surface area contributed by atoms with Gasteiger partial charge in [-0.3, -0.25) is 4.79 Å². The summed E-state index contributed by atoms with van der Waals surface area (Å²) in [5, 5.41) is 8.29. The second kappa shape index (κ2) is 5.01. The second-order valence-corrected chi connectivity index (χ2v) is 6.34. The summed E-state index contributed by atoms with van der Waals surface area (Å²) in [5.74, 6) is -0.680. The van der Waals surface area contributed by atoms with Crippen LogP contribution in [-0.4, -0.2) is 23.4 Å². The third kappa shape index (κ3) is 2.08. The molecule has 0 bridgehead atoms. The van der Waals surface area contributed by atoms with Crippen LogP contribution in [-0.2, 0) is 15.3 Å². The maximum atomic E-state index is 11.9. The van der Waals surface area contributed by atoms with Gasteiger partial charge in [-0.05, 0) is 25.1 Å². The van der Waals surface area contributed by atoms with Crippen molar-refractivity contribution >= 4 is 22.1 Å². The van der Waals surface area contributed by atoms with Crippen molar-refractivity contribution in [1.29, 1.82) is 0 Å². The number of hydrogen-bond donors (Lipinski definition) is 1. The maximum absolute atomic E-state index is 11.9. The lowest BCUT2D eigenvalue weighted by atomic mass is 10.1. The van der Waals surface area contributed by atoms with E-state index in [2.05, 4.69) is 10.2 Å². The summed E-state index contributed by atoms with van der Waals surface area (Å²) < 4.78 is 11.4. The monoisotopic (exact) mass is 314 g/mol. The van der Waals surface area contributed by atoms with E-state index in [4.69, 9.17) is 9.47 Å². The summed E-state index contributed by atoms with van der Waals surface area (Å²) in [6.07, 6.45) is 0. The Hall–Kier alpha value is -2.02. The van der Waals surface area contributed by atoms with Crippen molar-refractivity contribution < 1.29 is 9.47 Å². The molecule has 2 aromatic heterocycles. The Kier molecular flexibility index (Phi) is 3.11. The van der Waals surface area contributed by atoms with Crippen LogP contribution in [0.15, 0.2) is 41.2 Å². The fourth-order valence-electron chi connectivity index (χ4n) is 2.67. The lowest BCUT2D eigenvalue weighted by Gasteiger charge is -2.20. The highest BCUT2D eigenvalue weighted by Crippen LogP contribution is 2.39. The molecule has 112 valence electrons. The number of rotatable bonds is 2. The Balaban J connectivity index is 1.85. The number of benzene rings is 1. The number of ether oxygens (including phenoxy) is 2. The number of aromatic nitrogens is 2. The van der Waals surface area contributed by atoms with Crippen LogP contribution >= 0.6 is 11.3 Å². The zero-order chi connectivity index (χ0) is 15.2. The average molecular weight is 314 g/mol. The third-order valence-corrected chi connectivity index (χ3v) is 5.10. The van der Waals surface area contributed by atoms with E-state index in [1.165, 1.54) is 0 Å². The van der Waals surface area contributed by atoms with Gasteiger partial charge in [0.05, 0.1) is 28.4 Å². The van der Waals surface area contributed by atoms with Gasteiger partial charge in [-0.1, -0.05) is 18.2 Å². The van der Waals surface area contributed by atoms with E-state index >= 15 is 0 Å². The first-order valence-corrected chi connectivity index (χ1v) is 7.85. The molecule has 0 spiro atoms. The molecule has 1 fully saturated rings. The molecule has 3 aromatic rings. The van der Waals surface area contributed by atoms with Gasteiger partial charge in [0.2, 0.25) is 5.79 Å². The molecular weight excluding hydrogens is 300 g/mol. The molecule has 6 heteroatoms. The second-order valence-electron chi connectivity index (χ2n) is 5.25. The maximum Gasteiger partial charge on any atom is 0.272 e. The summed E-state index contributed by atoms with van der Waals surface area (Å²) in [6, 6.07) is 11.5. The summed E-state index contributed by atoms with van der Waals surface area (Å²) in [5.41, 5.74) is 0.596. The van der Waals surface area contributed by atoms with Crippen LogP contribution in [0.4, 0.5) is 0 Å². The molecule has 0 atom stereocenters. The van der Waals surface area contributed by atoms with Gasteiger partial charge < -0.3 is 9.47 Å². The minimum Gasteiger partial charge on any atom is -0.343 e. The minimum atomic E-state index is -0.680. The predicted molar refractivity (Wildman–Crippen MR) is 84.9 cm³/mol. The first-order chi connectivity index (χ1) is 10.7. The largest absolute Gasteiger partial charge is 0.343 e. The quantitative estimate of drug-likeness (QED) is 0.790. The Labute approximate surface area is 130 Å². The van der Waals surface area contributed by atoms with Crippen molar-refractivity contribution in [2.45, 2.75) is 12.7 Å². The number of nitrogens with zero attached hydrogens (tertiary/aromatic N) is 1. The Morgan fingerprint density at radius 3 is 2.64 bits per heavy atom. The molecular formula is C16H14N2O3S. The highest BCUT2D eigenvalue weighted by molar-refractivity contribution is 7.15. The molecule has 22 heavy (non-hydrogen) atoms. The lowest BCUT2D eigenvalue weighted by molar-refractivity contribution is -0.146. The fourth-order valence-corrected chi connectivity index (χ4v) is 3.73. The molecule has 0 amide bonds. The first-order valence-electron chi connectivity index (χ1n) is 7.03. The average Bonchev–Trinajstić information content (AvgIpc) is 3.18. The van der Waals surface area contributed by atoms with Crippen LogP contribution in [0.3, 0.4) is 0 Å². The molecule has 0 aliphatic carbocycles. The number of nitrogens with one attached hydrogen (secondary N) is 1. The Bertz CT molecular complexity index is 894. The molecule has 0 saturated carbocycles. The number of aromatic amines is 1. The molecule has 0 radical (unpaired) electrons. The van der Waals surface area contributed by atoms with E-state index in [-0.39, 0.29) is 5.56 Å². The van der Waals surface area contributed by atoms with Gasteiger partial charge in [-0.2, -0.15) is 5.10 Å². The van der Waals surface area contributed by atoms with Gasteiger partial charge in [0.15, 0.2) is 0 Å². The molecule has 1 N–H and O–H groups in total. The topological polar surface area (TPSA) is 64.2 Å². The molecule has 1 saturated heterocycles. The highest BCUT2D eigenvalue weighted by Gasteiger charge is 2.34. The summed E-state index contributed by atoms with van der Waals surface area (Å²) >= 11 is 1.57. The number of fused-ring (bicyclic) bond motifs is 1. The number of H-pyrrole nitrogens is 1. The molecule has 1 aliphatic rings. The normalized spacial score (nSPS) is 17.1. The molecule has 1 aromatic carbocycles. The molecule has 4 rings (SSSR count). The summed E-state index contributed by atoms with van der Waals surface area (Å²) in [6.45, 7) is 3.13. The van der Waals surface area contributed by atoms with E-state index in [0.29, 0.717) is 18.6 Å². The van der Waals surface area contributed by atoms with E-state index in [9.17, 15) is 4.79 Å². The van der Waals surface area contributed by atoms with Crippen molar-refractivity contribution in [2.24, 2.45) is 0 Å². The van der Waals surface area contributed by atoms with E-state index < -0.39 is 5.79 Å². The van der Waals surface area contributed by atoms with Crippen molar-refractivity contribution in [3.63, 3.8) is 0 Å². The van der Waals surface area contributed by atoms with Gasteiger partial charge in [0.1, 0.15) is 5.69 Å². The zero-order valence-corrected chi connectivity index (χ0v) is 12.8. The van der Waals surface area contributed by atoms with Gasteiger partial charge in [0, 0.05) is 5.39 Å². The van der Waals surface area contributed by atoms with Gasteiger partial charge in [-0.15, -0.1) is 11.3 Å². The summed E-state index contributed by atoms with van der Waals surface area (Å²) in [4.78, 5) is 13.8. The Morgan fingerprint density at radius 2 is 1.86 bits per heavy atom. The summed E-state index contributed by atoms with van der Waals surface area (Å²) in [7, 11) is 0. The van der Waals surface area contributed by atoms with Crippen LogP contribution in [0.1, 0.15) is 11.8 Å². The number of hydrogen-bond acceptors (Lipinski definition) is 5. The van der Waals surface area contributed by atoms with Crippen LogP contribution in [0.2, 0.25) is 0 Å². The molecule has 3 heterocycles. The van der Waals surface area contributed by atoms with E-state index in [1.54, 1.807) is 17.4 Å². The van der Waals surface area contributed by atoms with Crippen molar-refractivity contribution in [3.05, 3.63) is 51.6 Å². The van der Waals surface area contributed by atoms with Crippen molar-refractivity contribution in [3.8, 4) is 10.6 Å². The lowest BCUT2D eigenvalue weighted by Crippen LogP contribution is -2.20. The Morgan fingerprint density at radius 1 is 1.14 bits per heavy atom. The standard InChI is InChI=1S/C16H14N2O3S/c1-16(20-8-9-21-16)13-7-6-12(22-13)14-10-4-2-3-5-11(10)15(19)18-17-14/h2-7H,8-9H2,1H3,(H,18,19). The van der Waals surface area contributed by atoms with E-state index in [0.717, 1.165) is 20.8 Å². The zero-order valence-electron chi connectivity index (χ0n) is 12.0. The van der Waals surface area contributed by atoms with Gasteiger partial charge in [-0.25, -0.2) is 5.10 Å². The van der Waals surface area contributed by atoms with Crippen molar-refractivity contribution in [1.82, 2.24) is 10.2 Å². The molecule has 0 unspecified atom stereocenters. The van der Waals surface area contributed by atoms with Crippen LogP contribution in [0.25, 0.3) is 21.3 Å². The number of thiophene rings is 1.